The summed E-state index contributed by atoms with van der Waals surface area (Å²) in [6.45, 7) is 3.97. The molecule has 1 nitrogen and oxygen atoms in total. The molecule has 2 rings (SSSR count). The van der Waals surface area contributed by atoms with E-state index < -0.39 is 0 Å². The first-order valence-corrected chi connectivity index (χ1v) is 4.58. The minimum Gasteiger partial charge on any atom is -0.289 e. The highest BCUT2D eigenvalue weighted by atomic mass is 16.1. The van der Waals surface area contributed by atoms with Gasteiger partial charge in [0.1, 0.15) is 0 Å². The second-order valence-corrected chi connectivity index (χ2v) is 3.43. The Hall–Kier alpha value is -1.37. The molecule has 66 valence electrons. The van der Waals surface area contributed by atoms with Crippen molar-refractivity contribution in [1.29, 1.82) is 0 Å². The van der Waals surface area contributed by atoms with Crippen LogP contribution in [0, 0.1) is 0 Å². The molecule has 0 spiro atoms. The predicted octanol–water partition coefficient (Wildman–Crippen LogP) is 2.85. The fourth-order valence-corrected chi connectivity index (χ4v) is 1.66. The first-order valence-electron chi connectivity index (χ1n) is 4.58. The molecule has 0 atom stereocenters. The van der Waals surface area contributed by atoms with Crippen LogP contribution in [0.4, 0.5) is 0 Å². The van der Waals surface area contributed by atoms with E-state index in [0.717, 1.165) is 23.1 Å². The number of Topliss-reactive ketones (excluding diaryl/α,β-unsaturated/α-hetero) is 1. The Morgan fingerprint density at radius 2 is 2.08 bits per heavy atom. The lowest BCUT2D eigenvalue weighted by atomic mass is 10.0. The van der Waals surface area contributed by atoms with E-state index in [1.807, 2.05) is 25.1 Å². The van der Waals surface area contributed by atoms with Gasteiger partial charge in [-0.2, -0.15) is 0 Å². The van der Waals surface area contributed by atoms with Gasteiger partial charge in [-0.05, 0) is 42.2 Å². The maximum atomic E-state index is 11.6. The van der Waals surface area contributed by atoms with Crippen LogP contribution in [-0.2, 0) is 6.42 Å². The van der Waals surface area contributed by atoms with Gasteiger partial charge in [-0.1, -0.05) is 19.1 Å². The molecule has 0 aromatic heterocycles. The quantitative estimate of drug-likeness (QED) is 0.636. The molecule has 0 fully saturated rings. The van der Waals surface area contributed by atoms with Gasteiger partial charge in [0.05, 0.1) is 0 Å². The Balaban J connectivity index is 2.55. The summed E-state index contributed by atoms with van der Waals surface area (Å²) in [4.78, 5) is 11.6. The van der Waals surface area contributed by atoms with Gasteiger partial charge in [0.2, 0.25) is 0 Å². The van der Waals surface area contributed by atoms with Gasteiger partial charge in [0.15, 0.2) is 5.78 Å². The number of fused-ring (bicyclic) bond motifs is 1. The van der Waals surface area contributed by atoms with Crippen LogP contribution in [0.15, 0.2) is 23.8 Å². The van der Waals surface area contributed by atoms with Crippen LogP contribution in [-0.4, -0.2) is 5.78 Å². The van der Waals surface area contributed by atoms with E-state index in [4.69, 9.17) is 0 Å². The average Bonchev–Trinajstić information content (AvgIpc) is 2.43. The fraction of sp³-hybridized carbons (Fsp3) is 0.250. The first kappa shape index (κ1) is 8.24. The van der Waals surface area contributed by atoms with E-state index in [-0.39, 0.29) is 5.78 Å². The van der Waals surface area contributed by atoms with Gasteiger partial charge in [-0.15, -0.1) is 0 Å². The topological polar surface area (TPSA) is 17.1 Å². The van der Waals surface area contributed by atoms with E-state index >= 15 is 0 Å². The Kier molecular flexibility index (Phi) is 1.80. The van der Waals surface area contributed by atoms with E-state index in [0.29, 0.717) is 0 Å². The van der Waals surface area contributed by atoms with Crippen molar-refractivity contribution in [2.75, 3.05) is 0 Å². The number of allylic oxidation sites excluding steroid dienone is 1. The molecule has 1 aromatic rings. The van der Waals surface area contributed by atoms with Gasteiger partial charge in [0, 0.05) is 5.56 Å². The van der Waals surface area contributed by atoms with Crippen molar-refractivity contribution >= 4 is 11.9 Å². The molecular formula is C12H12O. The molecule has 0 saturated heterocycles. The van der Waals surface area contributed by atoms with Crippen LogP contribution in [0.1, 0.15) is 35.3 Å². The van der Waals surface area contributed by atoms with E-state index in [2.05, 4.69) is 13.0 Å². The highest BCUT2D eigenvalue weighted by molar-refractivity contribution is 6.17. The first-order chi connectivity index (χ1) is 6.22. The number of carbonyl (C=O) groups is 1. The number of benzene rings is 1. The predicted molar refractivity (Wildman–Crippen MR) is 53.8 cm³/mol. The summed E-state index contributed by atoms with van der Waals surface area (Å²) in [5.41, 5.74) is 4.02. The van der Waals surface area contributed by atoms with Gasteiger partial charge in [0.25, 0.3) is 0 Å². The Morgan fingerprint density at radius 1 is 1.31 bits per heavy atom. The third-order valence-electron chi connectivity index (χ3n) is 2.50. The maximum Gasteiger partial charge on any atom is 0.189 e. The van der Waals surface area contributed by atoms with Crippen molar-refractivity contribution in [3.8, 4) is 0 Å². The van der Waals surface area contributed by atoms with Crippen molar-refractivity contribution in [1.82, 2.24) is 0 Å². The van der Waals surface area contributed by atoms with Crippen molar-refractivity contribution in [2.24, 2.45) is 0 Å². The molecule has 0 heterocycles. The highest BCUT2D eigenvalue weighted by Crippen LogP contribution is 2.25. The zero-order valence-electron chi connectivity index (χ0n) is 7.92. The van der Waals surface area contributed by atoms with E-state index in [9.17, 15) is 4.79 Å². The molecule has 1 aromatic carbocycles. The summed E-state index contributed by atoms with van der Waals surface area (Å²) >= 11 is 0. The van der Waals surface area contributed by atoms with Crippen LogP contribution in [0.5, 0.6) is 0 Å². The molecule has 0 saturated carbocycles. The van der Waals surface area contributed by atoms with Gasteiger partial charge < -0.3 is 0 Å². The van der Waals surface area contributed by atoms with Crippen molar-refractivity contribution in [2.45, 2.75) is 20.3 Å². The van der Waals surface area contributed by atoms with Crippen molar-refractivity contribution < 1.29 is 4.79 Å². The molecule has 0 amide bonds. The Labute approximate surface area is 78.1 Å². The van der Waals surface area contributed by atoms with Gasteiger partial charge in [-0.25, -0.2) is 0 Å². The third-order valence-corrected chi connectivity index (χ3v) is 2.50. The summed E-state index contributed by atoms with van der Waals surface area (Å²) in [5, 5.41) is 0. The minimum absolute atomic E-state index is 0.185. The number of hydrogen-bond acceptors (Lipinski definition) is 1. The van der Waals surface area contributed by atoms with Gasteiger partial charge in [-0.3, -0.25) is 4.79 Å². The number of rotatable bonds is 1. The highest BCUT2D eigenvalue weighted by Gasteiger charge is 2.18. The fourth-order valence-electron chi connectivity index (χ4n) is 1.66. The summed E-state index contributed by atoms with van der Waals surface area (Å²) in [7, 11) is 0. The third kappa shape index (κ3) is 1.21. The van der Waals surface area contributed by atoms with Crippen LogP contribution >= 0.6 is 0 Å². The number of carbonyl (C=O) groups excluding carboxylic acids is 1. The Bertz CT molecular complexity index is 400. The van der Waals surface area contributed by atoms with Crippen LogP contribution < -0.4 is 0 Å². The van der Waals surface area contributed by atoms with Crippen LogP contribution in [0.2, 0.25) is 0 Å². The minimum atomic E-state index is 0.185. The Morgan fingerprint density at radius 3 is 2.77 bits per heavy atom. The number of ketones is 1. The van der Waals surface area contributed by atoms with E-state index in [1.54, 1.807) is 0 Å². The molecule has 0 unspecified atom stereocenters. The lowest BCUT2D eigenvalue weighted by molar-refractivity contribution is 0.103. The summed E-state index contributed by atoms with van der Waals surface area (Å²) in [5.74, 6) is 0.185. The zero-order valence-corrected chi connectivity index (χ0v) is 7.92. The smallest absolute Gasteiger partial charge is 0.189 e. The molecule has 1 heteroatoms. The normalized spacial score (nSPS) is 14.3. The summed E-state index contributed by atoms with van der Waals surface area (Å²) < 4.78 is 0. The average molecular weight is 172 g/mol. The molecule has 0 radical (unpaired) electrons. The molecule has 1 aliphatic rings. The van der Waals surface area contributed by atoms with Crippen LogP contribution in [0.3, 0.4) is 0 Å². The van der Waals surface area contributed by atoms with E-state index in [1.165, 1.54) is 5.56 Å². The second-order valence-electron chi connectivity index (χ2n) is 3.43. The number of aryl methyl sites for hydroxylation is 1. The molecule has 0 aliphatic heterocycles. The molecular weight excluding hydrogens is 160 g/mol. The zero-order chi connectivity index (χ0) is 9.42. The van der Waals surface area contributed by atoms with Crippen molar-refractivity contribution in [3.05, 3.63) is 40.5 Å². The number of hydrogen-bond donors (Lipinski definition) is 0. The van der Waals surface area contributed by atoms with Gasteiger partial charge >= 0.3 is 0 Å². The summed E-state index contributed by atoms with van der Waals surface area (Å²) in [6.07, 6.45) is 2.94. The molecule has 0 N–H and O–H groups in total. The maximum absolute atomic E-state index is 11.6. The molecule has 0 bridgehead atoms. The monoisotopic (exact) mass is 172 g/mol. The molecule has 1 aliphatic carbocycles. The standard InChI is InChI=1S/C12H12O/c1-3-9-4-5-10-6-8(2)12(13)11(10)7-9/h4-7H,3H2,1-2H3. The van der Waals surface area contributed by atoms with Crippen molar-refractivity contribution in [3.63, 3.8) is 0 Å². The largest absolute Gasteiger partial charge is 0.289 e. The second kappa shape index (κ2) is 2.84. The lowest BCUT2D eigenvalue weighted by Crippen LogP contribution is -1.96. The van der Waals surface area contributed by atoms with Crippen LogP contribution in [0.25, 0.3) is 6.08 Å². The lowest BCUT2D eigenvalue weighted by Gasteiger charge is -2.00. The molecule has 13 heavy (non-hydrogen) atoms. The SMILES string of the molecule is CCc1ccc2c(c1)C(=O)C(C)=C2. The summed E-state index contributed by atoms with van der Waals surface area (Å²) in [6, 6.07) is 6.12.